The van der Waals surface area contributed by atoms with Crippen LogP contribution < -0.4 is 4.90 Å². The number of rotatable bonds is 2. The van der Waals surface area contributed by atoms with Crippen LogP contribution >= 0.6 is 0 Å². The van der Waals surface area contributed by atoms with Gasteiger partial charge >= 0.3 is 0 Å². The van der Waals surface area contributed by atoms with Crippen LogP contribution in [0.1, 0.15) is 29.0 Å². The molecule has 2 saturated heterocycles. The van der Waals surface area contributed by atoms with Crippen molar-refractivity contribution in [2.24, 2.45) is 0 Å². The molecule has 1 amide bonds. The minimum Gasteiger partial charge on any atom is -0.459 e. The van der Waals surface area contributed by atoms with Crippen LogP contribution in [0.2, 0.25) is 0 Å². The number of carbonyl (C=O) groups is 1. The minimum absolute atomic E-state index is 0.0728. The number of nitrogens with zero attached hydrogens (tertiary/aromatic N) is 4. The van der Waals surface area contributed by atoms with Crippen LogP contribution in [0.4, 0.5) is 5.95 Å². The van der Waals surface area contributed by atoms with Gasteiger partial charge in [-0.1, -0.05) is 0 Å². The minimum atomic E-state index is -0.368. The number of piperidine rings is 1. The Balaban J connectivity index is 1.50. The van der Waals surface area contributed by atoms with E-state index in [1.807, 2.05) is 24.2 Å². The SMILES string of the molecule is Cc1cnc(N2CCO[C@]3(CCCN(C(=O)c4ccco4)C3)C2)nc1. The van der Waals surface area contributed by atoms with Crippen molar-refractivity contribution in [1.82, 2.24) is 14.9 Å². The van der Waals surface area contributed by atoms with Gasteiger partial charge in [-0.25, -0.2) is 9.97 Å². The largest absolute Gasteiger partial charge is 0.459 e. The zero-order chi connectivity index (χ0) is 17.3. The molecule has 2 aromatic heterocycles. The first-order chi connectivity index (χ1) is 12.2. The monoisotopic (exact) mass is 342 g/mol. The molecule has 2 aliphatic rings. The Morgan fingerprint density at radius 2 is 2.08 bits per heavy atom. The highest BCUT2D eigenvalue weighted by Crippen LogP contribution is 2.31. The third kappa shape index (κ3) is 3.24. The van der Waals surface area contributed by atoms with Crippen molar-refractivity contribution in [3.63, 3.8) is 0 Å². The number of aryl methyl sites for hydroxylation is 1. The fourth-order valence-corrected chi connectivity index (χ4v) is 3.64. The second-order valence-corrected chi connectivity index (χ2v) is 6.82. The van der Waals surface area contributed by atoms with Gasteiger partial charge in [0.25, 0.3) is 5.91 Å². The van der Waals surface area contributed by atoms with E-state index in [0.717, 1.165) is 37.4 Å². The van der Waals surface area contributed by atoms with Crippen LogP contribution in [0.25, 0.3) is 0 Å². The normalized spacial score (nSPS) is 23.9. The Morgan fingerprint density at radius 3 is 2.84 bits per heavy atom. The Labute approximate surface area is 146 Å². The number of ether oxygens (including phenoxy) is 1. The van der Waals surface area contributed by atoms with Crippen molar-refractivity contribution in [2.75, 3.05) is 37.7 Å². The molecule has 4 rings (SSSR count). The number of hydrogen-bond donors (Lipinski definition) is 0. The van der Waals surface area contributed by atoms with E-state index in [2.05, 4.69) is 14.9 Å². The maximum atomic E-state index is 12.6. The van der Waals surface area contributed by atoms with Crippen LogP contribution in [0.3, 0.4) is 0 Å². The van der Waals surface area contributed by atoms with E-state index < -0.39 is 0 Å². The average molecular weight is 342 g/mol. The topological polar surface area (TPSA) is 71.7 Å². The second kappa shape index (κ2) is 6.48. The molecule has 7 nitrogen and oxygen atoms in total. The number of anilines is 1. The molecule has 0 aromatic carbocycles. The highest BCUT2D eigenvalue weighted by molar-refractivity contribution is 5.91. The van der Waals surface area contributed by atoms with Crippen LogP contribution in [0.5, 0.6) is 0 Å². The summed E-state index contributed by atoms with van der Waals surface area (Å²) in [5, 5.41) is 0. The predicted molar refractivity (Wildman–Crippen MR) is 91.5 cm³/mol. The zero-order valence-corrected chi connectivity index (χ0v) is 14.4. The number of morpholine rings is 1. The second-order valence-electron chi connectivity index (χ2n) is 6.82. The van der Waals surface area contributed by atoms with Crippen LogP contribution in [-0.2, 0) is 4.74 Å². The van der Waals surface area contributed by atoms with Gasteiger partial charge in [0.1, 0.15) is 5.60 Å². The number of amides is 1. The van der Waals surface area contributed by atoms with Crippen molar-refractivity contribution >= 4 is 11.9 Å². The van der Waals surface area contributed by atoms with Crippen LogP contribution in [0.15, 0.2) is 35.2 Å². The quantitative estimate of drug-likeness (QED) is 0.830. The molecule has 1 atom stereocenters. The van der Waals surface area contributed by atoms with Crippen molar-refractivity contribution in [2.45, 2.75) is 25.4 Å². The predicted octanol–water partition coefficient (Wildman–Crippen LogP) is 1.89. The molecule has 25 heavy (non-hydrogen) atoms. The number of likely N-dealkylation sites (tertiary alicyclic amines) is 1. The molecule has 4 heterocycles. The molecule has 0 saturated carbocycles. The number of aromatic nitrogens is 2. The van der Waals surface area contributed by atoms with Gasteiger partial charge in [0.15, 0.2) is 5.76 Å². The molecule has 7 heteroatoms. The molecule has 0 N–H and O–H groups in total. The fourth-order valence-electron chi connectivity index (χ4n) is 3.64. The summed E-state index contributed by atoms with van der Waals surface area (Å²) in [7, 11) is 0. The summed E-state index contributed by atoms with van der Waals surface area (Å²) in [5.74, 6) is 1.03. The Morgan fingerprint density at radius 1 is 1.24 bits per heavy atom. The molecular formula is C18H22N4O3. The summed E-state index contributed by atoms with van der Waals surface area (Å²) in [4.78, 5) is 25.5. The summed E-state index contributed by atoms with van der Waals surface area (Å²) >= 11 is 0. The smallest absolute Gasteiger partial charge is 0.289 e. The molecule has 0 unspecified atom stereocenters. The maximum absolute atomic E-state index is 12.6. The molecule has 132 valence electrons. The van der Waals surface area contributed by atoms with Crippen molar-refractivity contribution in [3.8, 4) is 0 Å². The summed E-state index contributed by atoms with van der Waals surface area (Å²) in [6.45, 7) is 5.33. The average Bonchev–Trinajstić information content (AvgIpc) is 3.16. The molecule has 2 aromatic rings. The first-order valence-corrected chi connectivity index (χ1v) is 8.66. The lowest BCUT2D eigenvalue weighted by Gasteiger charge is -2.47. The van der Waals surface area contributed by atoms with Gasteiger partial charge in [-0.05, 0) is 37.5 Å². The molecule has 2 fully saturated rings. The number of furan rings is 1. The lowest BCUT2D eigenvalue weighted by Crippen LogP contribution is -2.61. The lowest BCUT2D eigenvalue weighted by atomic mass is 9.90. The molecule has 2 aliphatic heterocycles. The van der Waals surface area contributed by atoms with E-state index in [1.165, 1.54) is 6.26 Å². The first kappa shape index (κ1) is 16.1. The summed E-state index contributed by atoms with van der Waals surface area (Å²) in [5.41, 5.74) is 0.673. The van der Waals surface area contributed by atoms with Gasteiger partial charge in [0, 0.05) is 25.5 Å². The lowest BCUT2D eigenvalue weighted by molar-refractivity contribution is -0.0912. The van der Waals surface area contributed by atoms with Crippen molar-refractivity contribution in [3.05, 3.63) is 42.1 Å². The van der Waals surface area contributed by atoms with E-state index in [1.54, 1.807) is 12.1 Å². The standard InChI is InChI=1S/C18H22N4O3/c1-14-10-19-17(20-11-14)22-7-9-25-18(13-22)5-3-6-21(12-18)16(23)15-4-2-8-24-15/h2,4,8,10-11H,3,5-7,9,12-13H2,1H3/t18-/m0/s1. The zero-order valence-electron chi connectivity index (χ0n) is 14.4. The molecular weight excluding hydrogens is 320 g/mol. The van der Waals surface area contributed by atoms with Crippen molar-refractivity contribution < 1.29 is 13.9 Å². The van der Waals surface area contributed by atoms with Gasteiger partial charge in [-0.2, -0.15) is 0 Å². The van der Waals surface area contributed by atoms with E-state index in [9.17, 15) is 4.79 Å². The van der Waals surface area contributed by atoms with Crippen LogP contribution in [-0.4, -0.2) is 59.2 Å². The van der Waals surface area contributed by atoms with Gasteiger partial charge in [0.05, 0.1) is 26.0 Å². The van der Waals surface area contributed by atoms with Gasteiger partial charge < -0.3 is 19.0 Å². The van der Waals surface area contributed by atoms with Gasteiger partial charge in [-0.3, -0.25) is 4.79 Å². The fraction of sp³-hybridized carbons (Fsp3) is 0.500. The Hall–Kier alpha value is -2.41. The third-order valence-corrected chi connectivity index (χ3v) is 4.86. The number of hydrogen-bond acceptors (Lipinski definition) is 6. The number of carbonyl (C=O) groups excluding carboxylic acids is 1. The molecule has 1 spiro atoms. The summed E-state index contributed by atoms with van der Waals surface area (Å²) < 4.78 is 11.4. The first-order valence-electron chi connectivity index (χ1n) is 8.66. The Bertz CT molecular complexity index is 727. The van der Waals surface area contributed by atoms with Crippen molar-refractivity contribution in [1.29, 1.82) is 0 Å². The molecule has 0 bridgehead atoms. The summed E-state index contributed by atoms with van der Waals surface area (Å²) in [6.07, 6.45) is 7.03. The van der Waals surface area contributed by atoms with Crippen LogP contribution in [0, 0.1) is 6.92 Å². The van der Waals surface area contributed by atoms with E-state index in [0.29, 0.717) is 25.5 Å². The highest BCUT2D eigenvalue weighted by Gasteiger charge is 2.42. The molecule has 0 radical (unpaired) electrons. The Kier molecular flexibility index (Phi) is 4.17. The van der Waals surface area contributed by atoms with Gasteiger partial charge in [-0.15, -0.1) is 0 Å². The third-order valence-electron chi connectivity index (χ3n) is 4.86. The van der Waals surface area contributed by atoms with E-state index >= 15 is 0 Å². The highest BCUT2D eigenvalue weighted by atomic mass is 16.5. The summed E-state index contributed by atoms with van der Waals surface area (Å²) in [6, 6.07) is 3.44. The molecule has 0 aliphatic carbocycles. The maximum Gasteiger partial charge on any atom is 0.289 e. The van der Waals surface area contributed by atoms with E-state index in [-0.39, 0.29) is 11.5 Å². The van der Waals surface area contributed by atoms with Gasteiger partial charge in [0.2, 0.25) is 5.95 Å². The van der Waals surface area contributed by atoms with E-state index in [4.69, 9.17) is 9.15 Å².